The first kappa shape index (κ1) is 24.1. The molecule has 1 atom stereocenters. The molecule has 6 nitrogen and oxygen atoms in total. The van der Waals surface area contributed by atoms with Crippen molar-refractivity contribution in [2.75, 3.05) is 12.9 Å². The molecule has 2 rings (SSSR count). The molecule has 0 fully saturated rings. The zero-order valence-corrected chi connectivity index (χ0v) is 18.6. The fourth-order valence-corrected chi connectivity index (χ4v) is 3.79. The summed E-state index contributed by atoms with van der Waals surface area (Å²) in [5.41, 5.74) is 1.69. The minimum atomic E-state index is -3.73. The fraction of sp³-hybridized carbons (Fsp3) is 0.350. The van der Waals surface area contributed by atoms with Crippen LogP contribution < -0.4 is 9.88 Å². The number of carbonyl (C=O) groups is 1. The van der Waals surface area contributed by atoms with Crippen LogP contribution in [0.4, 0.5) is 0 Å². The van der Waals surface area contributed by atoms with Crippen LogP contribution in [-0.2, 0) is 26.2 Å². The summed E-state index contributed by atoms with van der Waals surface area (Å²) in [4.78, 5) is 11.5. The lowest BCUT2D eigenvalue weighted by Crippen LogP contribution is -2.24. The number of halogens is 1. The lowest BCUT2D eigenvalue weighted by molar-refractivity contribution is -0.140. The maximum absolute atomic E-state index is 11.5. The summed E-state index contributed by atoms with van der Waals surface area (Å²) in [6.45, 7) is 4.40. The van der Waals surface area contributed by atoms with Crippen molar-refractivity contribution in [2.24, 2.45) is 5.14 Å². The molecule has 0 aliphatic heterocycles. The molecular formula is C20H26BrNO5S. The maximum atomic E-state index is 11.5. The van der Waals surface area contributed by atoms with E-state index in [0.29, 0.717) is 17.9 Å². The molecule has 0 saturated heterocycles. The van der Waals surface area contributed by atoms with Crippen molar-refractivity contribution in [3.05, 3.63) is 64.1 Å². The van der Waals surface area contributed by atoms with Crippen LogP contribution in [0.15, 0.2) is 53.0 Å². The van der Waals surface area contributed by atoms with Crippen molar-refractivity contribution in [3.8, 4) is 5.75 Å². The summed E-state index contributed by atoms with van der Waals surface area (Å²) >= 11 is 3.41. The maximum Gasteiger partial charge on any atom is 0.306 e. The van der Waals surface area contributed by atoms with E-state index >= 15 is 0 Å². The monoisotopic (exact) mass is 471 g/mol. The second-order valence-electron chi connectivity index (χ2n) is 5.79. The fourth-order valence-electron chi connectivity index (χ4n) is 2.47. The SMILES string of the molecule is CC.COC(=O)CC(CS(N)(=O)=O)c1ccc(OCc2cccc(Br)c2)cc1. The number of benzene rings is 2. The lowest BCUT2D eigenvalue weighted by atomic mass is 9.97. The largest absolute Gasteiger partial charge is 0.489 e. The summed E-state index contributed by atoms with van der Waals surface area (Å²) in [5.74, 6) is -0.758. The van der Waals surface area contributed by atoms with Gasteiger partial charge in [0, 0.05) is 10.4 Å². The van der Waals surface area contributed by atoms with Crippen LogP contribution in [-0.4, -0.2) is 27.2 Å². The van der Waals surface area contributed by atoms with Gasteiger partial charge in [-0.15, -0.1) is 0 Å². The van der Waals surface area contributed by atoms with E-state index in [-0.39, 0.29) is 12.2 Å². The van der Waals surface area contributed by atoms with Gasteiger partial charge >= 0.3 is 5.97 Å². The second-order valence-corrected chi connectivity index (χ2v) is 8.37. The zero-order chi connectivity index (χ0) is 21.2. The number of primary sulfonamides is 1. The number of hydrogen-bond acceptors (Lipinski definition) is 5. The minimum Gasteiger partial charge on any atom is -0.489 e. The topological polar surface area (TPSA) is 95.7 Å². The molecule has 0 radical (unpaired) electrons. The summed E-state index contributed by atoms with van der Waals surface area (Å²) in [6, 6.07) is 14.7. The number of sulfonamides is 1. The zero-order valence-electron chi connectivity index (χ0n) is 16.2. The molecule has 0 aliphatic rings. The number of nitrogens with two attached hydrogens (primary N) is 1. The van der Waals surface area contributed by atoms with Crippen LogP contribution in [0.3, 0.4) is 0 Å². The molecule has 0 aliphatic carbocycles. The highest BCUT2D eigenvalue weighted by molar-refractivity contribution is 9.10. The number of methoxy groups -OCH3 is 1. The Morgan fingerprint density at radius 3 is 2.32 bits per heavy atom. The van der Waals surface area contributed by atoms with Gasteiger partial charge in [0.15, 0.2) is 0 Å². The van der Waals surface area contributed by atoms with Gasteiger partial charge in [-0.1, -0.05) is 54.0 Å². The van der Waals surface area contributed by atoms with Crippen molar-refractivity contribution in [1.82, 2.24) is 0 Å². The second kappa shape index (κ2) is 11.8. The first-order valence-corrected chi connectivity index (χ1v) is 11.3. The van der Waals surface area contributed by atoms with Gasteiger partial charge in [-0.2, -0.15) is 0 Å². The van der Waals surface area contributed by atoms with E-state index in [9.17, 15) is 13.2 Å². The van der Waals surface area contributed by atoms with E-state index in [0.717, 1.165) is 10.0 Å². The van der Waals surface area contributed by atoms with Crippen molar-refractivity contribution >= 4 is 31.9 Å². The van der Waals surface area contributed by atoms with Crippen LogP contribution in [0.5, 0.6) is 5.75 Å². The Bertz CT molecular complexity index is 853. The Morgan fingerprint density at radius 1 is 1.14 bits per heavy atom. The van der Waals surface area contributed by atoms with Gasteiger partial charge in [0.05, 0.1) is 19.3 Å². The highest BCUT2D eigenvalue weighted by Gasteiger charge is 2.21. The third-order valence-corrected chi connectivity index (χ3v) is 5.08. The Kier molecular flexibility index (Phi) is 10.2. The van der Waals surface area contributed by atoms with Crippen molar-refractivity contribution < 1.29 is 22.7 Å². The van der Waals surface area contributed by atoms with Crippen molar-refractivity contribution in [3.63, 3.8) is 0 Å². The van der Waals surface area contributed by atoms with Gasteiger partial charge in [0.1, 0.15) is 12.4 Å². The van der Waals surface area contributed by atoms with Gasteiger partial charge in [-0.05, 0) is 35.4 Å². The van der Waals surface area contributed by atoms with Crippen LogP contribution >= 0.6 is 15.9 Å². The summed E-state index contributed by atoms with van der Waals surface area (Å²) in [5, 5.41) is 5.14. The number of carbonyl (C=O) groups excluding carboxylic acids is 1. The van der Waals surface area contributed by atoms with Crippen molar-refractivity contribution in [2.45, 2.75) is 32.8 Å². The molecule has 0 aromatic heterocycles. The molecule has 8 heteroatoms. The van der Waals surface area contributed by atoms with E-state index in [2.05, 4.69) is 20.7 Å². The molecule has 28 heavy (non-hydrogen) atoms. The molecule has 0 saturated carbocycles. The molecule has 0 bridgehead atoms. The summed E-state index contributed by atoms with van der Waals surface area (Å²) in [6.07, 6.45) is -0.0643. The number of rotatable bonds is 8. The predicted octanol–water partition coefficient (Wildman–Crippen LogP) is 3.99. The van der Waals surface area contributed by atoms with Gasteiger partial charge < -0.3 is 9.47 Å². The molecule has 0 spiro atoms. The normalized spacial score (nSPS) is 11.8. The molecule has 2 aromatic rings. The average molecular weight is 472 g/mol. The van der Waals surface area contributed by atoms with Crippen LogP contribution in [0.1, 0.15) is 37.3 Å². The van der Waals surface area contributed by atoms with Crippen LogP contribution in [0, 0.1) is 0 Å². The Balaban J connectivity index is 0.00000190. The van der Waals surface area contributed by atoms with Gasteiger partial charge in [0.2, 0.25) is 10.0 Å². The molecule has 154 valence electrons. The molecule has 0 amide bonds. The molecule has 0 heterocycles. The average Bonchev–Trinajstić information content (AvgIpc) is 2.67. The minimum absolute atomic E-state index is 0.0643. The van der Waals surface area contributed by atoms with E-state index in [1.165, 1.54) is 7.11 Å². The first-order chi connectivity index (χ1) is 13.3. The van der Waals surface area contributed by atoms with Gasteiger partial charge in [-0.3, -0.25) is 4.79 Å². The van der Waals surface area contributed by atoms with E-state index in [1.807, 2.05) is 38.1 Å². The number of ether oxygens (including phenoxy) is 2. The Hall–Kier alpha value is -1.90. The number of esters is 1. The van der Waals surface area contributed by atoms with Gasteiger partial charge in [0.25, 0.3) is 0 Å². The van der Waals surface area contributed by atoms with E-state index in [1.54, 1.807) is 24.3 Å². The molecule has 1 unspecified atom stereocenters. The molecular weight excluding hydrogens is 446 g/mol. The number of hydrogen-bond donors (Lipinski definition) is 1. The third-order valence-electron chi connectivity index (χ3n) is 3.72. The lowest BCUT2D eigenvalue weighted by Gasteiger charge is -2.16. The van der Waals surface area contributed by atoms with E-state index < -0.39 is 21.9 Å². The smallest absolute Gasteiger partial charge is 0.306 e. The van der Waals surface area contributed by atoms with Gasteiger partial charge in [-0.25, -0.2) is 13.6 Å². The van der Waals surface area contributed by atoms with Crippen LogP contribution in [0.2, 0.25) is 0 Å². The third kappa shape index (κ3) is 8.86. The molecule has 2 aromatic carbocycles. The van der Waals surface area contributed by atoms with E-state index in [4.69, 9.17) is 9.88 Å². The predicted molar refractivity (Wildman–Crippen MR) is 114 cm³/mol. The Morgan fingerprint density at radius 2 is 1.79 bits per heavy atom. The standard InChI is InChI=1S/C18H20BrNO5S.C2H6/c1-24-18(21)10-15(12-26(20,22)23)14-5-7-17(8-6-14)25-11-13-3-2-4-16(19)9-13;1-2/h2-9,15H,10-12H2,1H3,(H2,20,22,23);1-2H3. The van der Waals surface area contributed by atoms with Crippen molar-refractivity contribution in [1.29, 1.82) is 0 Å². The quantitative estimate of drug-likeness (QED) is 0.587. The first-order valence-electron chi connectivity index (χ1n) is 8.81. The summed E-state index contributed by atoms with van der Waals surface area (Å²) in [7, 11) is -2.47. The summed E-state index contributed by atoms with van der Waals surface area (Å²) < 4.78 is 34.2. The van der Waals surface area contributed by atoms with Crippen LogP contribution in [0.25, 0.3) is 0 Å². The highest BCUT2D eigenvalue weighted by atomic mass is 79.9. The Labute approximate surface area is 175 Å². The highest BCUT2D eigenvalue weighted by Crippen LogP contribution is 2.25. The molecule has 2 N–H and O–H groups in total.